The lowest BCUT2D eigenvalue weighted by atomic mass is 10.2. The van der Waals surface area contributed by atoms with Gasteiger partial charge in [-0.1, -0.05) is 18.2 Å². The SMILES string of the molecule is COc1cc(NC(=O)C(=O)N2CCN(c3ccccc3)CC2)cc(OC)c1OC. The minimum Gasteiger partial charge on any atom is -0.493 e. The van der Waals surface area contributed by atoms with Gasteiger partial charge in [0.15, 0.2) is 11.5 Å². The Balaban J connectivity index is 1.63. The van der Waals surface area contributed by atoms with Crippen LogP contribution in [0.25, 0.3) is 0 Å². The van der Waals surface area contributed by atoms with Crippen molar-refractivity contribution in [1.29, 1.82) is 0 Å². The zero-order valence-electron chi connectivity index (χ0n) is 16.8. The Morgan fingerprint density at radius 1 is 0.862 bits per heavy atom. The maximum atomic E-state index is 12.6. The molecule has 8 nitrogen and oxygen atoms in total. The van der Waals surface area contributed by atoms with Crippen LogP contribution in [0.15, 0.2) is 42.5 Å². The zero-order valence-corrected chi connectivity index (χ0v) is 16.8. The van der Waals surface area contributed by atoms with Crippen molar-refractivity contribution in [2.75, 3.05) is 57.7 Å². The molecule has 0 bridgehead atoms. The molecule has 0 aromatic heterocycles. The number of piperazine rings is 1. The summed E-state index contributed by atoms with van der Waals surface area (Å²) >= 11 is 0. The van der Waals surface area contributed by atoms with Crippen LogP contribution < -0.4 is 24.4 Å². The van der Waals surface area contributed by atoms with Crippen LogP contribution in [-0.4, -0.2) is 64.2 Å². The molecule has 1 aliphatic heterocycles. The molecule has 29 heavy (non-hydrogen) atoms. The number of benzene rings is 2. The summed E-state index contributed by atoms with van der Waals surface area (Å²) in [5.41, 5.74) is 1.50. The lowest BCUT2D eigenvalue weighted by Crippen LogP contribution is -2.51. The third kappa shape index (κ3) is 4.53. The van der Waals surface area contributed by atoms with Crippen molar-refractivity contribution in [2.24, 2.45) is 0 Å². The van der Waals surface area contributed by atoms with E-state index in [2.05, 4.69) is 10.2 Å². The Morgan fingerprint density at radius 3 is 1.97 bits per heavy atom. The van der Waals surface area contributed by atoms with E-state index < -0.39 is 11.8 Å². The number of hydrogen-bond donors (Lipinski definition) is 1. The Morgan fingerprint density at radius 2 is 1.45 bits per heavy atom. The number of nitrogens with zero attached hydrogens (tertiary/aromatic N) is 2. The number of anilines is 2. The third-order valence-corrected chi connectivity index (χ3v) is 4.81. The van der Waals surface area contributed by atoms with E-state index >= 15 is 0 Å². The Labute approximate surface area is 170 Å². The van der Waals surface area contributed by atoms with Crippen molar-refractivity contribution in [3.8, 4) is 17.2 Å². The molecular weight excluding hydrogens is 374 g/mol. The minimum atomic E-state index is -0.701. The highest BCUT2D eigenvalue weighted by molar-refractivity contribution is 6.39. The number of rotatable bonds is 5. The second-order valence-corrected chi connectivity index (χ2v) is 6.48. The maximum absolute atomic E-state index is 12.6. The van der Waals surface area contributed by atoms with Gasteiger partial charge in [-0.15, -0.1) is 0 Å². The first-order chi connectivity index (χ1) is 14.1. The van der Waals surface area contributed by atoms with Crippen molar-refractivity contribution in [1.82, 2.24) is 4.90 Å². The number of amides is 2. The third-order valence-electron chi connectivity index (χ3n) is 4.81. The van der Waals surface area contributed by atoms with Gasteiger partial charge in [0.25, 0.3) is 0 Å². The van der Waals surface area contributed by atoms with Gasteiger partial charge in [0, 0.05) is 49.7 Å². The molecule has 2 amide bonds. The number of hydrogen-bond acceptors (Lipinski definition) is 6. The first kappa shape index (κ1) is 20.3. The van der Waals surface area contributed by atoms with Gasteiger partial charge in [-0.05, 0) is 12.1 Å². The molecule has 2 aromatic carbocycles. The lowest BCUT2D eigenvalue weighted by molar-refractivity contribution is -0.143. The molecule has 0 spiro atoms. The van der Waals surface area contributed by atoms with Crippen LogP contribution in [0.4, 0.5) is 11.4 Å². The molecule has 1 heterocycles. The second-order valence-electron chi connectivity index (χ2n) is 6.48. The van der Waals surface area contributed by atoms with Gasteiger partial charge in [-0.3, -0.25) is 9.59 Å². The highest BCUT2D eigenvalue weighted by Gasteiger charge is 2.26. The first-order valence-corrected chi connectivity index (χ1v) is 9.27. The average molecular weight is 399 g/mol. The highest BCUT2D eigenvalue weighted by Crippen LogP contribution is 2.39. The standard InChI is InChI=1S/C21H25N3O5/c1-27-17-13-15(14-18(28-2)19(17)29-3)22-20(25)21(26)24-11-9-23(10-12-24)16-7-5-4-6-8-16/h4-8,13-14H,9-12H2,1-3H3,(H,22,25). The lowest BCUT2D eigenvalue weighted by Gasteiger charge is -2.35. The normalized spacial score (nSPS) is 13.6. The molecule has 1 aliphatic rings. The van der Waals surface area contributed by atoms with Crippen LogP contribution in [0.2, 0.25) is 0 Å². The maximum Gasteiger partial charge on any atom is 0.313 e. The van der Waals surface area contributed by atoms with Crippen LogP contribution in [0.5, 0.6) is 17.2 Å². The van der Waals surface area contributed by atoms with Crippen molar-refractivity contribution in [3.63, 3.8) is 0 Å². The number of nitrogens with one attached hydrogen (secondary N) is 1. The molecule has 0 radical (unpaired) electrons. The molecule has 8 heteroatoms. The molecule has 2 aromatic rings. The summed E-state index contributed by atoms with van der Waals surface area (Å²) < 4.78 is 15.8. The van der Waals surface area contributed by atoms with Gasteiger partial charge in [-0.25, -0.2) is 0 Å². The Bertz CT molecular complexity index is 839. The van der Waals surface area contributed by atoms with Crippen molar-refractivity contribution in [3.05, 3.63) is 42.5 Å². The van der Waals surface area contributed by atoms with E-state index in [1.165, 1.54) is 21.3 Å². The summed E-state index contributed by atoms with van der Waals surface area (Å²) in [6.07, 6.45) is 0. The predicted octanol–water partition coefficient (Wildman–Crippen LogP) is 2.00. The molecule has 154 valence electrons. The van der Waals surface area contributed by atoms with Crippen molar-refractivity contribution < 1.29 is 23.8 Å². The van der Waals surface area contributed by atoms with Crippen LogP contribution in [-0.2, 0) is 9.59 Å². The largest absolute Gasteiger partial charge is 0.493 e. The van der Waals surface area contributed by atoms with Crippen LogP contribution in [0.1, 0.15) is 0 Å². The van der Waals surface area contributed by atoms with Gasteiger partial charge in [-0.2, -0.15) is 0 Å². The van der Waals surface area contributed by atoms with Crippen LogP contribution in [0.3, 0.4) is 0 Å². The highest BCUT2D eigenvalue weighted by atomic mass is 16.5. The number of carbonyl (C=O) groups excluding carboxylic acids is 2. The van der Waals surface area contributed by atoms with E-state index in [1.807, 2.05) is 30.3 Å². The molecule has 0 atom stereocenters. The fraction of sp³-hybridized carbons (Fsp3) is 0.333. The number of carbonyl (C=O) groups is 2. The van der Waals surface area contributed by atoms with Gasteiger partial charge in [0.2, 0.25) is 5.75 Å². The zero-order chi connectivity index (χ0) is 20.8. The quantitative estimate of drug-likeness (QED) is 0.775. The van der Waals surface area contributed by atoms with Crippen molar-refractivity contribution in [2.45, 2.75) is 0 Å². The molecule has 3 rings (SSSR count). The molecule has 0 unspecified atom stereocenters. The van der Waals surface area contributed by atoms with E-state index in [0.717, 1.165) is 5.69 Å². The number of methoxy groups -OCH3 is 3. The summed E-state index contributed by atoms with van der Waals surface area (Å²) in [5, 5.41) is 2.62. The van der Waals surface area contributed by atoms with E-state index in [4.69, 9.17) is 14.2 Å². The molecule has 1 N–H and O–H groups in total. The molecule has 1 fully saturated rings. The Hall–Kier alpha value is -3.42. The van der Waals surface area contributed by atoms with Crippen LogP contribution >= 0.6 is 0 Å². The molecule has 0 aliphatic carbocycles. The molecule has 1 saturated heterocycles. The minimum absolute atomic E-state index is 0.390. The smallest absolute Gasteiger partial charge is 0.313 e. The second kappa shape index (κ2) is 9.18. The fourth-order valence-electron chi connectivity index (χ4n) is 3.29. The fourth-order valence-corrected chi connectivity index (χ4v) is 3.29. The molecular formula is C21H25N3O5. The first-order valence-electron chi connectivity index (χ1n) is 9.27. The summed E-state index contributed by atoms with van der Waals surface area (Å²) in [4.78, 5) is 28.8. The topological polar surface area (TPSA) is 80.3 Å². The average Bonchev–Trinajstić information content (AvgIpc) is 2.78. The summed E-state index contributed by atoms with van der Waals surface area (Å²) in [5.74, 6) is -0.0626. The molecule has 0 saturated carbocycles. The summed E-state index contributed by atoms with van der Waals surface area (Å²) in [7, 11) is 4.47. The van der Waals surface area contributed by atoms with Gasteiger partial charge in [0.1, 0.15) is 0 Å². The van der Waals surface area contributed by atoms with Gasteiger partial charge < -0.3 is 29.3 Å². The predicted molar refractivity (Wildman–Crippen MR) is 110 cm³/mol. The number of ether oxygens (including phenoxy) is 3. The monoisotopic (exact) mass is 399 g/mol. The summed E-state index contributed by atoms with van der Waals surface area (Å²) in [6, 6.07) is 13.2. The number of para-hydroxylation sites is 1. The van der Waals surface area contributed by atoms with E-state index in [0.29, 0.717) is 49.1 Å². The van der Waals surface area contributed by atoms with Crippen molar-refractivity contribution >= 4 is 23.2 Å². The van der Waals surface area contributed by atoms with Crippen LogP contribution in [0, 0.1) is 0 Å². The van der Waals surface area contributed by atoms with E-state index in [9.17, 15) is 9.59 Å². The van der Waals surface area contributed by atoms with E-state index in [1.54, 1.807) is 17.0 Å². The summed E-state index contributed by atoms with van der Waals surface area (Å²) in [6.45, 7) is 2.31. The van der Waals surface area contributed by atoms with Gasteiger partial charge >= 0.3 is 11.8 Å². The van der Waals surface area contributed by atoms with E-state index in [-0.39, 0.29) is 0 Å². The van der Waals surface area contributed by atoms with Gasteiger partial charge in [0.05, 0.1) is 21.3 Å². The Kier molecular flexibility index (Phi) is 6.43.